The van der Waals surface area contributed by atoms with E-state index in [2.05, 4.69) is 14.4 Å². The lowest BCUT2D eigenvalue weighted by molar-refractivity contribution is -0.158. The molecule has 0 aliphatic rings. The zero-order valence-electron chi connectivity index (χ0n) is 17.1. The van der Waals surface area contributed by atoms with Crippen molar-refractivity contribution in [3.8, 4) is 16.9 Å². The third-order valence-corrected chi connectivity index (χ3v) is 5.45. The van der Waals surface area contributed by atoms with E-state index in [4.69, 9.17) is 11.6 Å². The molecule has 0 atom stereocenters. The molecule has 35 heavy (non-hydrogen) atoms. The maximum absolute atomic E-state index is 14.2. The number of benzene rings is 2. The van der Waals surface area contributed by atoms with Crippen molar-refractivity contribution in [1.29, 1.82) is 0 Å². The monoisotopic (exact) mass is 509 g/mol. The van der Waals surface area contributed by atoms with Crippen LogP contribution in [-0.2, 0) is 12.4 Å². The van der Waals surface area contributed by atoms with Crippen LogP contribution in [0.5, 0.6) is 0 Å². The molecule has 0 unspecified atom stereocenters. The maximum atomic E-state index is 14.2. The number of rotatable bonds is 2. The fourth-order valence-corrected chi connectivity index (χ4v) is 3.88. The lowest BCUT2D eigenvalue weighted by atomic mass is 10.1. The lowest BCUT2D eigenvalue weighted by Gasteiger charge is -2.12. The van der Waals surface area contributed by atoms with Gasteiger partial charge in [0.05, 0.1) is 16.6 Å². The Morgan fingerprint density at radius 3 is 2.11 bits per heavy atom. The molecule has 5 aromatic rings. The van der Waals surface area contributed by atoms with Gasteiger partial charge in [-0.05, 0) is 30.3 Å². The van der Waals surface area contributed by atoms with Gasteiger partial charge >= 0.3 is 23.9 Å². The van der Waals surface area contributed by atoms with Gasteiger partial charge in [0.2, 0.25) is 0 Å². The van der Waals surface area contributed by atoms with Crippen LogP contribution in [0.2, 0.25) is 5.02 Å². The maximum Gasteiger partial charge on any atom is 0.469 e. The average Bonchev–Trinajstić information content (AvgIpc) is 3.13. The first-order chi connectivity index (χ1) is 16.4. The van der Waals surface area contributed by atoms with Crippen LogP contribution in [0.4, 0.5) is 26.3 Å². The van der Waals surface area contributed by atoms with Crippen molar-refractivity contribution in [1.82, 2.24) is 14.5 Å². The van der Waals surface area contributed by atoms with Gasteiger partial charge in [-0.1, -0.05) is 41.9 Å². The van der Waals surface area contributed by atoms with Gasteiger partial charge in [0.15, 0.2) is 5.52 Å². The Morgan fingerprint density at radius 2 is 1.51 bits per heavy atom. The molecule has 5 nitrogen and oxygen atoms in total. The van der Waals surface area contributed by atoms with Crippen LogP contribution in [0, 0.1) is 0 Å². The number of nitrogens with zero attached hydrogens (tertiary/aromatic N) is 3. The van der Waals surface area contributed by atoms with E-state index >= 15 is 0 Å². The molecular formula is C23H10ClF6N3O2. The molecule has 12 heteroatoms. The number of fused-ring (bicyclic) bond motifs is 3. The SMILES string of the molecule is O=c1oc(C(F)(F)F)nc2c3c(C(F)(F)F)cc(-c4ccc(Cl)cc4)nc3n(-c3ccccc3)c12. The normalized spacial score (nSPS) is 12.5. The quantitative estimate of drug-likeness (QED) is 0.243. The van der Waals surface area contributed by atoms with Gasteiger partial charge in [-0.3, -0.25) is 4.57 Å². The minimum Gasteiger partial charge on any atom is -0.397 e. The van der Waals surface area contributed by atoms with Crippen molar-refractivity contribution >= 4 is 33.7 Å². The van der Waals surface area contributed by atoms with Crippen molar-refractivity contribution in [2.45, 2.75) is 12.4 Å². The minimum absolute atomic E-state index is 0.137. The summed E-state index contributed by atoms with van der Waals surface area (Å²) in [6.07, 6.45) is -10.2. The number of hydrogen-bond acceptors (Lipinski definition) is 4. The highest BCUT2D eigenvalue weighted by atomic mass is 35.5. The number of halogens is 7. The largest absolute Gasteiger partial charge is 0.469 e. The average molecular weight is 510 g/mol. The third kappa shape index (κ3) is 3.91. The molecule has 0 radical (unpaired) electrons. The Morgan fingerprint density at radius 1 is 0.857 bits per heavy atom. The van der Waals surface area contributed by atoms with Gasteiger partial charge in [0.1, 0.15) is 11.2 Å². The predicted octanol–water partition coefficient (Wildman–Crippen LogP) is 6.88. The van der Waals surface area contributed by atoms with E-state index < -0.39 is 51.5 Å². The summed E-state index contributed by atoms with van der Waals surface area (Å²) in [5, 5.41) is -0.418. The second-order valence-electron chi connectivity index (χ2n) is 7.43. The first kappa shape index (κ1) is 22.9. The first-order valence-corrected chi connectivity index (χ1v) is 10.2. The van der Waals surface area contributed by atoms with Crippen LogP contribution in [-0.4, -0.2) is 14.5 Å². The lowest BCUT2D eigenvalue weighted by Crippen LogP contribution is -2.15. The highest BCUT2D eigenvalue weighted by molar-refractivity contribution is 6.30. The number of alkyl halides is 6. The van der Waals surface area contributed by atoms with Crippen LogP contribution >= 0.6 is 11.6 Å². The molecule has 3 aromatic heterocycles. The van der Waals surface area contributed by atoms with Crippen molar-refractivity contribution in [2.75, 3.05) is 0 Å². The Hall–Kier alpha value is -3.86. The van der Waals surface area contributed by atoms with Crippen molar-refractivity contribution < 1.29 is 30.8 Å². The summed E-state index contributed by atoms with van der Waals surface area (Å²) in [5.74, 6) is -1.96. The Kier molecular flexibility index (Phi) is 5.13. The molecule has 0 saturated carbocycles. The molecule has 0 amide bonds. The first-order valence-electron chi connectivity index (χ1n) is 9.81. The third-order valence-electron chi connectivity index (χ3n) is 5.20. The number of pyridine rings is 1. The Balaban J connectivity index is 2.02. The summed E-state index contributed by atoms with van der Waals surface area (Å²) in [6.45, 7) is 0. The summed E-state index contributed by atoms with van der Waals surface area (Å²) in [4.78, 5) is 20.3. The molecule has 0 saturated heterocycles. The Labute approximate surface area is 196 Å². The molecule has 0 N–H and O–H groups in total. The molecule has 0 aliphatic heterocycles. The second-order valence-corrected chi connectivity index (χ2v) is 7.87. The molecule has 5 rings (SSSR count). The number of hydrogen-bond donors (Lipinski definition) is 0. The van der Waals surface area contributed by atoms with Crippen LogP contribution in [0.25, 0.3) is 39.0 Å². The van der Waals surface area contributed by atoms with Crippen LogP contribution in [0.1, 0.15) is 11.5 Å². The van der Waals surface area contributed by atoms with Gasteiger partial charge in [-0.25, -0.2) is 14.8 Å². The molecular weight excluding hydrogens is 500 g/mol. The summed E-state index contributed by atoms with van der Waals surface area (Å²) in [6, 6.07) is 14.1. The van der Waals surface area contributed by atoms with Gasteiger partial charge in [0, 0.05) is 16.3 Å². The number of para-hydroxylation sites is 1. The van der Waals surface area contributed by atoms with Gasteiger partial charge in [-0.2, -0.15) is 26.3 Å². The van der Waals surface area contributed by atoms with Gasteiger partial charge < -0.3 is 4.42 Å². The van der Waals surface area contributed by atoms with Gasteiger partial charge in [-0.15, -0.1) is 0 Å². The predicted molar refractivity (Wildman–Crippen MR) is 115 cm³/mol. The van der Waals surface area contributed by atoms with E-state index in [1.165, 1.54) is 36.4 Å². The van der Waals surface area contributed by atoms with Crippen molar-refractivity contribution in [2.24, 2.45) is 0 Å². The van der Waals surface area contributed by atoms with Crippen molar-refractivity contribution in [3.63, 3.8) is 0 Å². The van der Waals surface area contributed by atoms with Crippen LogP contribution < -0.4 is 5.63 Å². The highest BCUT2D eigenvalue weighted by Crippen LogP contribution is 2.42. The fraction of sp³-hybridized carbons (Fsp3) is 0.0870. The van der Waals surface area contributed by atoms with E-state index in [1.807, 2.05) is 0 Å². The zero-order chi connectivity index (χ0) is 25.1. The molecule has 178 valence electrons. The van der Waals surface area contributed by atoms with E-state index in [9.17, 15) is 31.1 Å². The highest BCUT2D eigenvalue weighted by Gasteiger charge is 2.40. The van der Waals surface area contributed by atoms with Crippen LogP contribution in [0.15, 0.2) is 69.9 Å². The summed E-state index contributed by atoms with van der Waals surface area (Å²) in [5.41, 5.74) is -4.35. The summed E-state index contributed by atoms with van der Waals surface area (Å²) >= 11 is 5.88. The second kappa shape index (κ2) is 7.84. The van der Waals surface area contributed by atoms with E-state index in [-0.39, 0.29) is 16.9 Å². The van der Waals surface area contributed by atoms with E-state index in [0.717, 1.165) is 4.57 Å². The Bertz CT molecular complexity index is 1640. The molecule has 3 heterocycles. The molecule has 0 aliphatic carbocycles. The van der Waals surface area contributed by atoms with E-state index in [1.54, 1.807) is 18.2 Å². The smallest absolute Gasteiger partial charge is 0.397 e. The van der Waals surface area contributed by atoms with Crippen molar-refractivity contribution in [3.05, 3.63) is 87.6 Å². The molecule has 2 aromatic carbocycles. The number of aromatic nitrogens is 3. The molecule has 0 bridgehead atoms. The minimum atomic E-state index is -5.20. The van der Waals surface area contributed by atoms with Gasteiger partial charge in [0.25, 0.3) is 0 Å². The summed E-state index contributed by atoms with van der Waals surface area (Å²) < 4.78 is 88.1. The van der Waals surface area contributed by atoms with Crippen LogP contribution in [0.3, 0.4) is 0 Å². The zero-order valence-corrected chi connectivity index (χ0v) is 17.8. The molecule has 0 spiro atoms. The van der Waals surface area contributed by atoms with E-state index in [0.29, 0.717) is 11.1 Å². The standard InChI is InChI=1S/C23H10ClF6N3O2/c24-12-8-6-11(7-9-12)15-10-14(22(25,26)27)16-17-18(20(34)35-21(32-17)23(28,29)30)33(19(16)31-15)13-4-2-1-3-5-13/h1-10H. The topological polar surface area (TPSA) is 60.9 Å². The molecule has 0 fully saturated rings. The summed E-state index contributed by atoms with van der Waals surface area (Å²) in [7, 11) is 0. The fourth-order valence-electron chi connectivity index (χ4n) is 3.76.